The van der Waals surface area contributed by atoms with Crippen LogP contribution in [0.1, 0.15) is 12.0 Å². The molecule has 0 spiro atoms. The number of para-hydroxylation sites is 1. The molecule has 1 aromatic heterocycles. The van der Waals surface area contributed by atoms with Gasteiger partial charge in [-0.05, 0) is 24.6 Å². The highest BCUT2D eigenvalue weighted by molar-refractivity contribution is 5.87. The molecule has 122 valence electrons. The number of nitrogens with zero attached hydrogens (tertiary/aromatic N) is 2. The van der Waals surface area contributed by atoms with Crippen LogP contribution >= 0.6 is 0 Å². The van der Waals surface area contributed by atoms with Crippen molar-refractivity contribution in [3.05, 3.63) is 42.1 Å². The number of hydrogen-bond donors (Lipinski definition) is 1. The van der Waals surface area contributed by atoms with E-state index in [9.17, 15) is 4.79 Å². The van der Waals surface area contributed by atoms with E-state index < -0.39 is 0 Å². The average molecular weight is 313 g/mol. The van der Waals surface area contributed by atoms with Crippen LogP contribution in [-0.2, 0) is 16.0 Å². The number of amides is 1. The van der Waals surface area contributed by atoms with Crippen LogP contribution < -0.4 is 5.32 Å². The lowest BCUT2D eigenvalue weighted by atomic mass is 10.1. The van der Waals surface area contributed by atoms with E-state index in [1.165, 1.54) is 0 Å². The third-order valence-electron chi connectivity index (χ3n) is 4.14. The van der Waals surface area contributed by atoms with Crippen LogP contribution in [0.2, 0.25) is 0 Å². The van der Waals surface area contributed by atoms with Gasteiger partial charge in [0.1, 0.15) is 0 Å². The first kappa shape index (κ1) is 15.9. The van der Waals surface area contributed by atoms with Crippen LogP contribution in [0.4, 0.5) is 0 Å². The Morgan fingerprint density at radius 2 is 2.04 bits per heavy atom. The van der Waals surface area contributed by atoms with Gasteiger partial charge in [0, 0.05) is 31.2 Å². The third-order valence-corrected chi connectivity index (χ3v) is 4.14. The van der Waals surface area contributed by atoms with E-state index in [0.29, 0.717) is 13.0 Å². The highest BCUT2D eigenvalue weighted by Crippen LogP contribution is 2.16. The Morgan fingerprint density at radius 3 is 2.91 bits per heavy atom. The molecule has 1 aromatic carbocycles. The Morgan fingerprint density at radius 1 is 1.22 bits per heavy atom. The molecule has 2 heterocycles. The van der Waals surface area contributed by atoms with Crippen molar-refractivity contribution in [3.63, 3.8) is 0 Å². The maximum absolute atomic E-state index is 12.1. The van der Waals surface area contributed by atoms with E-state index in [1.807, 2.05) is 30.3 Å². The van der Waals surface area contributed by atoms with E-state index >= 15 is 0 Å². The van der Waals surface area contributed by atoms with Crippen LogP contribution in [0.25, 0.3) is 10.9 Å². The first-order chi connectivity index (χ1) is 11.3. The number of aromatic nitrogens is 1. The fraction of sp³-hybridized carbons (Fsp3) is 0.444. The molecule has 3 rings (SSSR count). The zero-order valence-electron chi connectivity index (χ0n) is 13.3. The standard InChI is InChI=1S/C18H23N3O2/c22-17(19-8-3-9-21-10-12-23-13-11-21)14-16-5-1-4-15-6-2-7-20-18(15)16/h1-2,4-7H,3,8-14H2,(H,19,22). The van der Waals surface area contributed by atoms with Gasteiger partial charge in [-0.2, -0.15) is 0 Å². The molecule has 1 N–H and O–H groups in total. The molecule has 1 aliphatic rings. The van der Waals surface area contributed by atoms with Crippen molar-refractivity contribution >= 4 is 16.8 Å². The number of hydrogen-bond acceptors (Lipinski definition) is 4. The van der Waals surface area contributed by atoms with E-state index in [0.717, 1.165) is 55.7 Å². The topological polar surface area (TPSA) is 54.5 Å². The Hall–Kier alpha value is -1.98. The van der Waals surface area contributed by atoms with Gasteiger partial charge < -0.3 is 10.1 Å². The summed E-state index contributed by atoms with van der Waals surface area (Å²) < 4.78 is 5.33. The zero-order valence-corrected chi connectivity index (χ0v) is 13.3. The predicted octanol–water partition coefficient (Wildman–Crippen LogP) is 1.62. The third kappa shape index (κ3) is 4.50. The molecule has 2 aromatic rings. The largest absolute Gasteiger partial charge is 0.379 e. The Bertz CT molecular complexity index is 648. The molecule has 23 heavy (non-hydrogen) atoms. The van der Waals surface area contributed by atoms with Crippen molar-refractivity contribution in [3.8, 4) is 0 Å². The van der Waals surface area contributed by atoms with Gasteiger partial charge in [-0.25, -0.2) is 0 Å². The molecule has 1 saturated heterocycles. The lowest BCUT2D eigenvalue weighted by Gasteiger charge is -2.26. The minimum atomic E-state index is 0.0603. The maximum atomic E-state index is 12.1. The summed E-state index contributed by atoms with van der Waals surface area (Å²) in [6.45, 7) is 5.36. The summed E-state index contributed by atoms with van der Waals surface area (Å²) in [6.07, 6.45) is 3.12. The van der Waals surface area contributed by atoms with Gasteiger partial charge in [0.15, 0.2) is 0 Å². The van der Waals surface area contributed by atoms with Gasteiger partial charge in [-0.3, -0.25) is 14.7 Å². The first-order valence-corrected chi connectivity index (χ1v) is 8.22. The molecule has 5 nitrogen and oxygen atoms in total. The quantitative estimate of drug-likeness (QED) is 0.823. The lowest BCUT2D eigenvalue weighted by molar-refractivity contribution is -0.120. The number of rotatable bonds is 6. The molecule has 0 aliphatic carbocycles. The number of carbonyl (C=O) groups is 1. The number of carbonyl (C=O) groups excluding carboxylic acids is 1. The monoisotopic (exact) mass is 313 g/mol. The molecule has 0 atom stereocenters. The molecule has 5 heteroatoms. The number of fused-ring (bicyclic) bond motifs is 1. The van der Waals surface area contributed by atoms with Crippen molar-refractivity contribution < 1.29 is 9.53 Å². The van der Waals surface area contributed by atoms with E-state index in [2.05, 4.69) is 15.2 Å². The van der Waals surface area contributed by atoms with Gasteiger partial charge in [0.2, 0.25) is 5.91 Å². The summed E-state index contributed by atoms with van der Waals surface area (Å²) in [7, 11) is 0. The second kappa shape index (κ2) is 8.04. The highest BCUT2D eigenvalue weighted by atomic mass is 16.5. The molecular formula is C18H23N3O2. The van der Waals surface area contributed by atoms with Crippen LogP contribution in [0.15, 0.2) is 36.5 Å². The smallest absolute Gasteiger partial charge is 0.224 e. The van der Waals surface area contributed by atoms with Gasteiger partial charge >= 0.3 is 0 Å². The summed E-state index contributed by atoms with van der Waals surface area (Å²) in [5.74, 6) is 0.0603. The normalized spacial score (nSPS) is 15.7. The summed E-state index contributed by atoms with van der Waals surface area (Å²) >= 11 is 0. The number of pyridine rings is 1. The Labute approximate surface area is 136 Å². The second-order valence-electron chi connectivity index (χ2n) is 5.83. The maximum Gasteiger partial charge on any atom is 0.224 e. The Kier molecular flexibility index (Phi) is 5.56. The van der Waals surface area contributed by atoms with Crippen molar-refractivity contribution in [2.24, 2.45) is 0 Å². The molecule has 1 amide bonds. The average Bonchev–Trinajstić information content (AvgIpc) is 2.60. The molecule has 1 aliphatic heterocycles. The summed E-state index contributed by atoms with van der Waals surface area (Å²) in [5.41, 5.74) is 1.90. The molecule has 1 fully saturated rings. The van der Waals surface area contributed by atoms with Gasteiger partial charge in [0.25, 0.3) is 0 Å². The number of nitrogens with one attached hydrogen (secondary N) is 1. The van der Waals surface area contributed by atoms with Gasteiger partial charge in [-0.1, -0.05) is 24.3 Å². The number of ether oxygens (including phenoxy) is 1. The van der Waals surface area contributed by atoms with E-state index in [4.69, 9.17) is 4.74 Å². The minimum Gasteiger partial charge on any atom is -0.379 e. The zero-order chi connectivity index (χ0) is 15.9. The first-order valence-electron chi connectivity index (χ1n) is 8.22. The van der Waals surface area contributed by atoms with Gasteiger partial charge in [-0.15, -0.1) is 0 Å². The van der Waals surface area contributed by atoms with Crippen molar-refractivity contribution in [2.45, 2.75) is 12.8 Å². The molecule has 0 radical (unpaired) electrons. The molecule has 0 bridgehead atoms. The molecular weight excluding hydrogens is 290 g/mol. The minimum absolute atomic E-state index is 0.0603. The van der Waals surface area contributed by atoms with E-state index in [1.54, 1.807) is 6.20 Å². The van der Waals surface area contributed by atoms with E-state index in [-0.39, 0.29) is 5.91 Å². The fourth-order valence-electron chi connectivity index (χ4n) is 2.90. The van der Waals surface area contributed by atoms with Crippen LogP contribution in [-0.4, -0.2) is 55.2 Å². The van der Waals surface area contributed by atoms with Crippen LogP contribution in [0.5, 0.6) is 0 Å². The van der Waals surface area contributed by atoms with Crippen molar-refractivity contribution in [2.75, 3.05) is 39.4 Å². The lowest BCUT2D eigenvalue weighted by Crippen LogP contribution is -2.38. The Balaban J connectivity index is 1.45. The summed E-state index contributed by atoms with van der Waals surface area (Å²) in [6, 6.07) is 9.91. The van der Waals surface area contributed by atoms with Gasteiger partial charge in [0.05, 0.1) is 25.2 Å². The second-order valence-corrected chi connectivity index (χ2v) is 5.83. The van der Waals surface area contributed by atoms with Crippen molar-refractivity contribution in [1.82, 2.24) is 15.2 Å². The van der Waals surface area contributed by atoms with Crippen molar-refractivity contribution in [1.29, 1.82) is 0 Å². The number of benzene rings is 1. The summed E-state index contributed by atoms with van der Waals surface area (Å²) in [4.78, 5) is 18.9. The summed E-state index contributed by atoms with van der Waals surface area (Å²) in [5, 5.41) is 4.08. The van der Waals surface area contributed by atoms with Crippen LogP contribution in [0.3, 0.4) is 0 Å². The number of morpholine rings is 1. The fourth-order valence-corrected chi connectivity index (χ4v) is 2.90. The molecule has 0 saturated carbocycles. The van der Waals surface area contributed by atoms with Crippen LogP contribution in [0, 0.1) is 0 Å². The SMILES string of the molecule is O=C(Cc1cccc2cccnc12)NCCCN1CCOCC1. The highest BCUT2D eigenvalue weighted by Gasteiger charge is 2.10. The molecule has 0 unspecified atom stereocenters. The predicted molar refractivity (Wildman–Crippen MR) is 90.3 cm³/mol.